The number of aromatic nitrogens is 1. The molecular weight excluding hydrogens is 420 g/mol. The van der Waals surface area contributed by atoms with Crippen molar-refractivity contribution in [3.63, 3.8) is 0 Å². The zero-order valence-electron chi connectivity index (χ0n) is 13.9. The van der Waals surface area contributed by atoms with E-state index in [4.69, 9.17) is 4.74 Å². The molecule has 0 atom stereocenters. The number of amides is 1. The van der Waals surface area contributed by atoms with Gasteiger partial charge in [0.15, 0.2) is 0 Å². The number of thiophene rings is 1. The van der Waals surface area contributed by atoms with Crippen LogP contribution in [-0.2, 0) is 6.54 Å². The summed E-state index contributed by atoms with van der Waals surface area (Å²) in [7, 11) is 1.80. The lowest BCUT2D eigenvalue weighted by Gasteiger charge is -2.14. The summed E-state index contributed by atoms with van der Waals surface area (Å²) < 4.78 is 6.49. The number of carbonyl (C=O) groups is 1. The Morgan fingerprint density at radius 2 is 2.00 bits per heavy atom. The Labute approximate surface area is 163 Å². The fourth-order valence-corrected chi connectivity index (χ4v) is 4.61. The highest BCUT2D eigenvalue weighted by atomic mass is 79.9. The number of benzene rings is 1. The Morgan fingerprint density at radius 3 is 2.64 bits per heavy atom. The summed E-state index contributed by atoms with van der Waals surface area (Å²) in [6.07, 6.45) is 0. The van der Waals surface area contributed by atoms with E-state index in [1.807, 2.05) is 48.0 Å². The molecule has 1 aromatic carbocycles. The molecule has 0 N–H and O–H groups in total. The van der Waals surface area contributed by atoms with Crippen molar-refractivity contribution in [1.29, 1.82) is 0 Å². The van der Waals surface area contributed by atoms with Gasteiger partial charge >= 0.3 is 0 Å². The predicted molar refractivity (Wildman–Crippen MR) is 107 cm³/mol. The highest BCUT2D eigenvalue weighted by molar-refractivity contribution is 9.10. The molecule has 0 saturated heterocycles. The smallest absolute Gasteiger partial charge is 0.273 e. The lowest BCUT2D eigenvalue weighted by atomic mass is 10.2. The number of carbonyl (C=O) groups excluding carboxylic acids is 1. The van der Waals surface area contributed by atoms with Crippen molar-refractivity contribution in [3.8, 4) is 16.3 Å². The van der Waals surface area contributed by atoms with Crippen molar-refractivity contribution in [1.82, 2.24) is 9.88 Å². The van der Waals surface area contributed by atoms with Crippen LogP contribution in [0.3, 0.4) is 0 Å². The molecule has 7 heteroatoms. The highest BCUT2D eigenvalue weighted by Gasteiger charge is 2.17. The molecule has 3 aromatic rings. The Balaban J connectivity index is 1.70. The summed E-state index contributed by atoms with van der Waals surface area (Å²) in [5.41, 5.74) is 1.46. The van der Waals surface area contributed by atoms with Crippen LogP contribution in [0.1, 0.15) is 22.3 Å². The second-order valence-electron chi connectivity index (χ2n) is 5.39. The quantitative estimate of drug-likeness (QED) is 0.525. The fraction of sp³-hybridized carbons (Fsp3) is 0.222. The Bertz CT molecular complexity index is 858. The maximum Gasteiger partial charge on any atom is 0.273 e. The Hall–Kier alpha value is -1.70. The molecule has 0 spiro atoms. The van der Waals surface area contributed by atoms with Crippen LogP contribution in [-0.4, -0.2) is 29.4 Å². The normalized spacial score (nSPS) is 10.7. The summed E-state index contributed by atoms with van der Waals surface area (Å²) in [5, 5.41) is 4.66. The SMILES string of the molecule is CCOc1ccc(-c2nc(C(=O)N(C)Cc3cc(Br)cs3)cs2)cc1. The molecule has 2 heterocycles. The molecule has 0 saturated carbocycles. The van der Waals surface area contributed by atoms with Gasteiger partial charge in [0.05, 0.1) is 13.2 Å². The van der Waals surface area contributed by atoms with E-state index in [-0.39, 0.29) is 5.91 Å². The average molecular weight is 437 g/mol. The summed E-state index contributed by atoms with van der Waals surface area (Å²) in [6.45, 7) is 3.17. The first-order valence-corrected chi connectivity index (χ1v) is 10.3. The van der Waals surface area contributed by atoms with Crippen LogP contribution in [0, 0.1) is 0 Å². The molecule has 0 radical (unpaired) electrons. The van der Waals surface area contributed by atoms with E-state index in [0.717, 1.165) is 25.7 Å². The van der Waals surface area contributed by atoms with Gasteiger partial charge in [-0.05, 0) is 53.2 Å². The van der Waals surface area contributed by atoms with E-state index in [0.29, 0.717) is 18.8 Å². The Morgan fingerprint density at radius 1 is 1.24 bits per heavy atom. The van der Waals surface area contributed by atoms with Crippen molar-refractivity contribution in [2.45, 2.75) is 13.5 Å². The van der Waals surface area contributed by atoms with Gasteiger partial charge in [-0.3, -0.25) is 4.79 Å². The minimum atomic E-state index is -0.0713. The largest absolute Gasteiger partial charge is 0.494 e. The van der Waals surface area contributed by atoms with Crippen LogP contribution in [0.25, 0.3) is 10.6 Å². The molecule has 0 aliphatic heterocycles. The number of hydrogen-bond donors (Lipinski definition) is 0. The van der Waals surface area contributed by atoms with E-state index < -0.39 is 0 Å². The molecule has 0 fully saturated rings. The topological polar surface area (TPSA) is 42.4 Å². The minimum absolute atomic E-state index is 0.0713. The third-order valence-electron chi connectivity index (χ3n) is 3.50. The van der Waals surface area contributed by atoms with Gasteiger partial charge in [0.2, 0.25) is 0 Å². The highest BCUT2D eigenvalue weighted by Crippen LogP contribution is 2.27. The molecule has 0 bridgehead atoms. The van der Waals surface area contributed by atoms with Crippen LogP contribution in [0.15, 0.2) is 45.6 Å². The Kier molecular flexibility index (Phi) is 5.88. The first-order valence-electron chi connectivity index (χ1n) is 7.74. The second kappa shape index (κ2) is 8.12. The molecule has 0 unspecified atom stereocenters. The van der Waals surface area contributed by atoms with E-state index in [2.05, 4.69) is 20.9 Å². The van der Waals surface area contributed by atoms with Crippen molar-refractivity contribution in [2.75, 3.05) is 13.7 Å². The number of halogens is 1. The van der Waals surface area contributed by atoms with E-state index in [1.165, 1.54) is 11.3 Å². The fourth-order valence-electron chi connectivity index (χ4n) is 2.30. The molecule has 1 amide bonds. The number of nitrogens with zero attached hydrogens (tertiary/aromatic N) is 2. The molecule has 3 rings (SSSR count). The van der Waals surface area contributed by atoms with Gasteiger partial charge in [0.25, 0.3) is 5.91 Å². The van der Waals surface area contributed by atoms with E-state index in [1.54, 1.807) is 23.3 Å². The first kappa shape index (κ1) is 18.1. The van der Waals surface area contributed by atoms with Gasteiger partial charge in [-0.15, -0.1) is 22.7 Å². The molecule has 130 valence electrons. The summed E-state index contributed by atoms with van der Waals surface area (Å²) in [6, 6.07) is 9.79. The molecule has 0 aliphatic rings. The van der Waals surface area contributed by atoms with Crippen molar-refractivity contribution in [3.05, 3.63) is 56.1 Å². The molecular formula is C18H17BrN2O2S2. The zero-order valence-corrected chi connectivity index (χ0v) is 17.1. The second-order valence-corrected chi connectivity index (χ2v) is 8.16. The van der Waals surface area contributed by atoms with Gasteiger partial charge in [0, 0.05) is 32.7 Å². The standard InChI is InChI=1S/C18H17BrN2O2S2/c1-3-23-14-6-4-12(5-7-14)17-20-16(11-25-17)18(22)21(2)9-15-8-13(19)10-24-15/h4-8,10-11H,3,9H2,1-2H3. The third kappa shape index (κ3) is 4.48. The number of ether oxygens (including phenoxy) is 1. The van der Waals surface area contributed by atoms with Gasteiger partial charge in [-0.25, -0.2) is 4.98 Å². The third-order valence-corrected chi connectivity index (χ3v) is 6.07. The van der Waals surface area contributed by atoms with Crippen LogP contribution >= 0.6 is 38.6 Å². The summed E-state index contributed by atoms with van der Waals surface area (Å²) in [4.78, 5) is 19.9. The van der Waals surface area contributed by atoms with Crippen LogP contribution in [0.5, 0.6) is 5.75 Å². The van der Waals surface area contributed by atoms with Crippen molar-refractivity contribution >= 4 is 44.5 Å². The maximum atomic E-state index is 12.6. The van der Waals surface area contributed by atoms with Gasteiger partial charge in [-0.1, -0.05) is 0 Å². The predicted octanol–water partition coefficient (Wildman–Crippen LogP) is 5.31. The number of rotatable bonds is 6. The number of hydrogen-bond acceptors (Lipinski definition) is 5. The van der Waals surface area contributed by atoms with Crippen molar-refractivity contribution in [2.24, 2.45) is 0 Å². The van der Waals surface area contributed by atoms with Gasteiger partial charge in [-0.2, -0.15) is 0 Å². The van der Waals surface area contributed by atoms with Gasteiger partial charge < -0.3 is 9.64 Å². The first-order chi connectivity index (χ1) is 12.1. The maximum absolute atomic E-state index is 12.6. The van der Waals surface area contributed by atoms with E-state index in [9.17, 15) is 4.79 Å². The molecule has 4 nitrogen and oxygen atoms in total. The van der Waals surface area contributed by atoms with Gasteiger partial charge in [0.1, 0.15) is 16.5 Å². The zero-order chi connectivity index (χ0) is 17.8. The van der Waals surface area contributed by atoms with Crippen LogP contribution < -0.4 is 4.74 Å². The lowest BCUT2D eigenvalue weighted by Crippen LogP contribution is -2.26. The summed E-state index contributed by atoms with van der Waals surface area (Å²) >= 11 is 6.54. The molecule has 25 heavy (non-hydrogen) atoms. The monoisotopic (exact) mass is 436 g/mol. The average Bonchev–Trinajstić information content (AvgIpc) is 3.24. The van der Waals surface area contributed by atoms with Crippen LogP contribution in [0.4, 0.5) is 0 Å². The van der Waals surface area contributed by atoms with Crippen molar-refractivity contribution < 1.29 is 9.53 Å². The van der Waals surface area contributed by atoms with E-state index >= 15 is 0 Å². The molecule has 0 aliphatic carbocycles. The number of thiazole rings is 1. The summed E-state index contributed by atoms with van der Waals surface area (Å²) in [5.74, 6) is 0.763. The lowest BCUT2D eigenvalue weighted by molar-refractivity contribution is 0.0781. The van der Waals surface area contributed by atoms with Crippen LogP contribution in [0.2, 0.25) is 0 Å². The molecule has 2 aromatic heterocycles. The minimum Gasteiger partial charge on any atom is -0.494 e.